The second-order valence-electron chi connectivity index (χ2n) is 3.53. The molecular weight excluding hydrogens is 265 g/mol. The normalized spacial score (nSPS) is 13.0. The Morgan fingerprint density at radius 1 is 1.56 bits per heavy atom. The van der Waals surface area contributed by atoms with Crippen LogP contribution in [0.3, 0.4) is 0 Å². The highest BCUT2D eigenvalue weighted by Crippen LogP contribution is 2.24. The van der Waals surface area contributed by atoms with Gasteiger partial charge in [0.05, 0.1) is 22.3 Å². The first-order valence-corrected chi connectivity index (χ1v) is 6.62. The lowest BCUT2D eigenvalue weighted by Crippen LogP contribution is -2.07. The number of aryl methyl sites for hydroxylation is 1. The van der Waals surface area contributed by atoms with E-state index in [0.29, 0.717) is 10.9 Å². The van der Waals surface area contributed by atoms with Gasteiger partial charge in [-0.1, -0.05) is 11.6 Å². The van der Waals surface area contributed by atoms with Gasteiger partial charge in [0.15, 0.2) is 0 Å². The van der Waals surface area contributed by atoms with Crippen molar-refractivity contribution in [1.29, 1.82) is 0 Å². The van der Waals surface area contributed by atoms with E-state index in [1.165, 1.54) is 0 Å². The molecule has 0 N–H and O–H groups in total. The lowest BCUT2D eigenvalue weighted by molar-refractivity contribution is 0.557. The average molecular weight is 276 g/mol. The summed E-state index contributed by atoms with van der Waals surface area (Å²) in [5.41, 5.74) is 1.74. The van der Waals surface area contributed by atoms with Crippen LogP contribution < -0.4 is 0 Å². The van der Waals surface area contributed by atoms with Crippen LogP contribution in [0.4, 0.5) is 0 Å². The number of halogens is 2. The van der Waals surface area contributed by atoms with E-state index in [9.17, 15) is 0 Å². The first-order valence-electron chi connectivity index (χ1n) is 4.83. The van der Waals surface area contributed by atoms with Gasteiger partial charge in [0.1, 0.15) is 11.0 Å². The maximum Gasteiger partial charge on any atom is 0.117 e. The van der Waals surface area contributed by atoms with E-state index in [-0.39, 0.29) is 6.04 Å². The van der Waals surface area contributed by atoms with Crippen molar-refractivity contribution >= 4 is 34.5 Å². The third-order valence-electron chi connectivity index (χ3n) is 2.32. The lowest BCUT2D eigenvalue weighted by atomic mass is 10.3. The Morgan fingerprint density at radius 2 is 2.31 bits per heavy atom. The van der Waals surface area contributed by atoms with E-state index in [1.54, 1.807) is 11.3 Å². The van der Waals surface area contributed by atoms with Crippen LogP contribution >= 0.6 is 34.5 Å². The summed E-state index contributed by atoms with van der Waals surface area (Å²) in [7, 11) is 0. The third kappa shape index (κ3) is 2.24. The van der Waals surface area contributed by atoms with Crippen molar-refractivity contribution in [2.24, 2.45) is 0 Å². The molecule has 2 rings (SSSR count). The zero-order valence-electron chi connectivity index (χ0n) is 8.94. The first-order chi connectivity index (χ1) is 7.61. The topological polar surface area (TPSA) is 30.7 Å². The predicted octanol–water partition coefficient (Wildman–Crippen LogP) is 3.65. The molecule has 0 aliphatic heterocycles. The molecule has 6 heteroatoms. The van der Waals surface area contributed by atoms with Gasteiger partial charge in [0.25, 0.3) is 0 Å². The number of hydrogen-bond acceptors (Lipinski definition) is 3. The average Bonchev–Trinajstić information content (AvgIpc) is 2.86. The highest BCUT2D eigenvalue weighted by Gasteiger charge is 2.14. The summed E-state index contributed by atoms with van der Waals surface area (Å²) in [6.07, 6.45) is 1.82. The Kier molecular flexibility index (Phi) is 3.52. The molecular formula is C10H11Cl2N3S. The fourth-order valence-electron chi connectivity index (χ4n) is 1.35. The zero-order valence-corrected chi connectivity index (χ0v) is 11.3. The van der Waals surface area contributed by atoms with Gasteiger partial charge >= 0.3 is 0 Å². The fourth-order valence-corrected chi connectivity index (χ4v) is 2.58. The van der Waals surface area contributed by atoms with Crippen molar-refractivity contribution in [3.05, 3.63) is 33.0 Å². The first kappa shape index (κ1) is 11.9. The molecule has 1 unspecified atom stereocenters. The number of aromatic nitrogens is 3. The van der Waals surface area contributed by atoms with Gasteiger partial charge in [0, 0.05) is 11.6 Å². The third-order valence-corrected chi connectivity index (χ3v) is 4.03. The summed E-state index contributed by atoms with van der Waals surface area (Å²) in [5, 5.41) is 7.99. The maximum atomic E-state index is 5.97. The highest BCUT2D eigenvalue weighted by molar-refractivity contribution is 7.09. The van der Waals surface area contributed by atoms with E-state index in [4.69, 9.17) is 23.2 Å². The fraction of sp³-hybridized carbons (Fsp3) is 0.400. The standard InChI is InChI=1S/C10H11Cl2N3S/c1-6-9(12)4-15(14-6)7(2)10-13-8(3-11)5-16-10/h4-5,7H,3H2,1-2H3. The summed E-state index contributed by atoms with van der Waals surface area (Å²) in [4.78, 5) is 4.43. The molecule has 0 aliphatic carbocycles. The van der Waals surface area contributed by atoms with Gasteiger partial charge in [0.2, 0.25) is 0 Å². The molecule has 2 aromatic heterocycles. The number of nitrogens with zero attached hydrogens (tertiary/aromatic N) is 3. The Morgan fingerprint density at radius 3 is 2.81 bits per heavy atom. The predicted molar refractivity (Wildman–Crippen MR) is 67.5 cm³/mol. The Bertz CT molecular complexity index is 472. The summed E-state index contributed by atoms with van der Waals surface area (Å²) in [5.74, 6) is 0.447. The van der Waals surface area contributed by atoms with E-state index >= 15 is 0 Å². The summed E-state index contributed by atoms with van der Waals surface area (Å²) in [6.45, 7) is 3.93. The van der Waals surface area contributed by atoms with Gasteiger partial charge in [-0.2, -0.15) is 5.10 Å². The van der Waals surface area contributed by atoms with Crippen LogP contribution in [-0.2, 0) is 5.88 Å². The van der Waals surface area contributed by atoms with Crippen molar-refractivity contribution < 1.29 is 0 Å². The van der Waals surface area contributed by atoms with E-state index < -0.39 is 0 Å². The van der Waals surface area contributed by atoms with Crippen LogP contribution in [0.5, 0.6) is 0 Å². The minimum absolute atomic E-state index is 0.0909. The number of rotatable bonds is 3. The van der Waals surface area contributed by atoms with Gasteiger partial charge in [-0.3, -0.25) is 4.68 Å². The van der Waals surface area contributed by atoms with Crippen LogP contribution in [0.25, 0.3) is 0 Å². The molecule has 86 valence electrons. The van der Waals surface area contributed by atoms with Gasteiger partial charge < -0.3 is 0 Å². The van der Waals surface area contributed by atoms with E-state index in [2.05, 4.69) is 10.1 Å². The summed E-state index contributed by atoms with van der Waals surface area (Å²) < 4.78 is 1.83. The molecule has 0 radical (unpaired) electrons. The van der Waals surface area contributed by atoms with E-state index in [0.717, 1.165) is 16.4 Å². The summed E-state index contributed by atoms with van der Waals surface area (Å²) in [6, 6.07) is 0.0909. The van der Waals surface area contributed by atoms with Gasteiger partial charge in [-0.25, -0.2) is 4.98 Å². The van der Waals surface area contributed by atoms with Gasteiger partial charge in [-0.05, 0) is 13.8 Å². The maximum absolute atomic E-state index is 5.97. The molecule has 16 heavy (non-hydrogen) atoms. The van der Waals surface area contributed by atoms with Crippen LogP contribution in [0.15, 0.2) is 11.6 Å². The molecule has 2 aromatic rings. The van der Waals surface area contributed by atoms with Crippen LogP contribution in [-0.4, -0.2) is 14.8 Å². The molecule has 0 aromatic carbocycles. The molecule has 0 spiro atoms. The van der Waals surface area contributed by atoms with Crippen molar-refractivity contribution in [2.75, 3.05) is 0 Å². The quantitative estimate of drug-likeness (QED) is 0.801. The molecule has 0 amide bonds. The molecule has 0 aliphatic rings. The smallest absolute Gasteiger partial charge is 0.117 e. The molecule has 0 saturated carbocycles. The van der Waals surface area contributed by atoms with Crippen molar-refractivity contribution in [1.82, 2.24) is 14.8 Å². The van der Waals surface area contributed by atoms with Gasteiger partial charge in [-0.15, -0.1) is 22.9 Å². The molecule has 3 nitrogen and oxygen atoms in total. The minimum atomic E-state index is 0.0909. The molecule has 1 atom stereocenters. The van der Waals surface area contributed by atoms with Crippen LogP contribution in [0, 0.1) is 6.92 Å². The zero-order chi connectivity index (χ0) is 11.7. The van der Waals surface area contributed by atoms with Crippen molar-refractivity contribution in [2.45, 2.75) is 25.8 Å². The Hall–Kier alpha value is -0.580. The Balaban J connectivity index is 2.27. The van der Waals surface area contributed by atoms with Crippen LogP contribution in [0.2, 0.25) is 5.02 Å². The van der Waals surface area contributed by atoms with Crippen molar-refractivity contribution in [3.63, 3.8) is 0 Å². The summed E-state index contributed by atoms with van der Waals surface area (Å²) >= 11 is 13.3. The lowest BCUT2D eigenvalue weighted by Gasteiger charge is -2.08. The largest absolute Gasteiger partial charge is 0.261 e. The number of alkyl halides is 1. The number of hydrogen-bond donors (Lipinski definition) is 0. The highest BCUT2D eigenvalue weighted by atomic mass is 35.5. The Labute approximate surface area is 108 Å². The van der Waals surface area contributed by atoms with Crippen LogP contribution in [0.1, 0.15) is 29.4 Å². The molecule has 2 heterocycles. The monoisotopic (exact) mass is 275 g/mol. The van der Waals surface area contributed by atoms with Crippen molar-refractivity contribution in [3.8, 4) is 0 Å². The van der Waals surface area contributed by atoms with E-state index in [1.807, 2.05) is 30.1 Å². The SMILES string of the molecule is Cc1nn(C(C)c2nc(CCl)cs2)cc1Cl. The minimum Gasteiger partial charge on any atom is -0.261 e. The number of thiazole rings is 1. The molecule has 0 bridgehead atoms. The second kappa shape index (κ2) is 4.73. The molecule has 0 fully saturated rings. The second-order valence-corrected chi connectivity index (χ2v) is 5.09. The molecule has 0 saturated heterocycles.